The number of rotatable bonds is 4. The molecule has 88 valence electrons. The van der Waals surface area contributed by atoms with E-state index in [9.17, 15) is 0 Å². The first-order valence-corrected chi connectivity index (χ1v) is 6.74. The first-order valence-electron chi connectivity index (χ1n) is 5.15. The minimum Gasteiger partial charge on any atom is -0.493 e. The summed E-state index contributed by atoms with van der Waals surface area (Å²) in [7, 11) is 3.32. The second kappa shape index (κ2) is 4.57. The van der Waals surface area contributed by atoms with Crippen molar-refractivity contribution in [1.82, 2.24) is 0 Å². The predicted octanol–water partition coefficient (Wildman–Crippen LogP) is 3.75. The summed E-state index contributed by atoms with van der Waals surface area (Å²) in [4.78, 5) is 0. The topological polar surface area (TPSA) is 18.5 Å². The minimum absolute atomic E-state index is 0.160. The van der Waals surface area contributed by atoms with Crippen LogP contribution in [0.4, 0.5) is 0 Å². The van der Waals surface area contributed by atoms with E-state index in [4.69, 9.17) is 9.47 Å². The van der Waals surface area contributed by atoms with Crippen LogP contribution in [0.1, 0.15) is 12.0 Å². The number of ether oxygens (including phenoxy) is 2. The third kappa shape index (κ3) is 2.54. The van der Waals surface area contributed by atoms with Crippen LogP contribution < -0.4 is 9.47 Å². The van der Waals surface area contributed by atoms with Gasteiger partial charge in [-0.2, -0.15) is 0 Å². The van der Waals surface area contributed by atoms with Crippen molar-refractivity contribution in [2.24, 2.45) is 5.92 Å². The third-order valence-corrected chi connectivity index (χ3v) is 4.83. The number of benzene rings is 1. The fourth-order valence-corrected chi connectivity index (χ4v) is 2.89. The molecule has 0 N–H and O–H groups in total. The van der Waals surface area contributed by atoms with Crippen molar-refractivity contribution in [2.75, 3.05) is 14.2 Å². The molecule has 16 heavy (non-hydrogen) atoms. The fraction of sp³-hybridized carbons (Fsp3) is 0.500. The summed E-state index contributed by atoms with van der Waals surface area (Å²) in [5.41, 5.74) is 1.28. The number of hydrogen-bond acceptors (Lipinski definition) is 2. The first kappa shape index (κ1) is 12.2. The van der Waals surface area contributed by atoms with Crippen LogP contribution in [0.25, 0.3) is 0 Å². The summed E-state index contributed by atoms with van der Waals surface area (Å²) >= 11 is 7.27. The van der Waals surface area contributed by atoms with Crippen molar-refractivity contribution in [3.05, 3.63) is 23.8 Å². The van der Waals surface area contributed by atoms with E-state index in [2.05, 4.69) is 37.9 Å². The van der Waals surface area contributed by atoms with Crippen LogP contribution in [0.2, 0.25) is 0 Å². The molecule has 0 spiro atoms. The molecular formula is C12H14Br2O2. The maximum atomic E-state index is 5.28. The molecule has 1 aromatic carbocycles. The van der Waals surface area contributed by atoms with Crippen LogP contribution in [0.3, 0.4) is 0 Å². The lowest BCUT2D eigenvalue weighted by Gasteiger charge is -2.09. The van der Waals surface area contributed by atoms with Gasteiger partial charge >= 0.3 is 0 Å². The van der Waals surface area contributed by atoms with Gasteiger partial charge in [-0.25, -0.2) is 0 Å². The van der Waals surface area contributed by atoms with E-state index in [-0.39, 0.29) is 3.23 Å². The normalized spacial score (nSPS) is 21.6. The Morgan fingerprint density at radius 2 is 1.88 bits per heavy atom. The van der Waals surface area contributed by atoms with Crippen molar-refractivity contribution < 1.29 is 9.47 Å². The Kier molecular flexibility index (Phi) is 3.50. The summed E-state index contributed by atoms with van der Waals surface area (Å²) in [5, 5.41) is 0. The highest BCUT2D eigenvalue weighted by Crippen LogP contribution is 2.57. The van der Waals surface area contributed by atoms with Crippen LogP contribution in [-0.2, 0) is 6.42 Å². The van der Waals surface area contributed by atoms with E-state index in [1.165, 1.54) is 12.0 Å². The lowest BCUT2D eigenvalue weighted by molar-refractivity contribution is 0.354. The predicted molar refractivity (Wildman–Crippen MR) is 71.9 cm³/mol. The second-order valence-corrected chi connectivity index (χ2v) is 7.95. The molecule has 2 nitrogen and oxygen atoms in total. The van der Waals surface area contributed by atoms with E-state index < -0.39 is 0 Å². The quantitative estimate of drug-likeness (QED) is 0.770. The van der Waals surface area contributed by atoms with Gasteiger partial charge in [0.05, 0.1) is 17.5 Å². The van der Waals surface area contributed by atoms with Gasteiger partial charge in [-0.1, -0.05) is 37.9 Å². The molecule has 0 bridgehead atoms. The van der Waals surface area contributed by atoms with E-state index in [1.807, 2.05) is 12.1 Å². The van der Waals surface area contributed by atoms with Gasteiger partial charge in [0.2, 0.25) is 0 Å². The number of halogens is 2. The maximum Gasteiger partial charge on any atom is 0.160 e. The van der Waals surface area contributed by atoms with Crippen molar-refractivity contribution in [2.45, 2.75) is 16.1 Å². The van der Waals surface area contributed by atoms with E-state index in [0.29, 0.717) is 5.92 Å². The van der Waals surface area contributed by atoms with E-state index >= 15 is 0 Å². The van der Waals surface area contributed by atoms with Gasteiger partial charge in [0.25, 0.3) is 0 Å². The van der Waals surface area contributed by atoms with E-state index in [1.54, 1.807) is 14.2 Å². The molecular weight excluding hydrogens is 336 g/mol. The highest BCUT2D eigenvalue weighted by atomic mass is 79.9. The van der Waals surface area contributed by atoms with Gasteiger partial charge in [-0.05, 0) is 36.5 Å². The smallest absolute Gasteiger partial charge is 0.160 e. The Balaban J connectivity index is 2.11. The first-order chi connectivity index (χ1) is 7.56. The van der Waals surface area contributed by atoms with E-state index in [0.717, 1.165) is 17.9 Å². The van der Waals surface area contributed by atoms with Crippen molar-refractivity contribution in [3.8, 4) is 11.5 Å². The summed E-state index contributed by atoms with van der Waals surface area (Å²) < 4.78 is 10.7. The Bertz CT molecular complexity index is 391. The van der Waals surface area contributed by atoms with Crippen molar-refractivity contribution >= 4 is 31.9 Å². The summed E-state index contributed by atoms with van der Waals surface area (Å²) in [5.74, 6) is 2.24. The highest BCUT2D eigenvalue weighted by Gasteiger charge is 2.49. The largest absolute Gasteiger partial charge is 0.493 e. The SMILES string of the molecule is COc1ccc(CC2CC2(Br)Br)cc1OC. The van der Waals surface area contributed by atoms with Crippen LogP contribution in [-0.4, -0.2) is 17.5 Å². The molecule has 2 rings (SSSR count). The van der Waals surface area contributed by atoms with Crippen molar-refractivity contribution in [3.63, 3.8) is 0 Å². The number of hydrogen-bond donors (Lipinski definition) is 0. The van der Waals surface area contributed by atoms with Gasteiger partial charge in [0.1, 0.15) is 0 Å². The number of methoxy groups -OCH3 is 2. The monoisotopic (exact) mass is 348 g/mol. The van der Waals surface area contributed by atoms with Gasteiger partial charge in [0.15, 0.2) is 11.5 Å². The van der Waals surface area contributed by atoms with Crippen molar-refractivity contribution in [1.29, 1.82) is 0 Å². The zero-order valence-corrected chi connectivity index (χ0v) is 12.5. The second-order valence-electron chi connectivity index (χ2n) is 4.06. The average Bonchev–Trinajstić information content (AvgIpc) is 2.85. The zero-order valence-electron chi connectivity index (χ0n) is 9.30. The third-order valence-electron chi connectivity index (χ3n) is 2.89. The number of alkyl halides is 2. The van der Waals surface area contributed by atoms with Gasteiger partial charge in [-0.15, -0.1) is 0 Å². The Morgan fingerprint density at radius 3 is 2.38 bits per heavy atom. The van der Waals surface area contributed by atoms with Crippen LogP contribution in [0, 0.1) is 5.92 Å². The molecule has 1 aromatic rings. The Morgan fingerprint density at radius 1 is 1.25 bits per heavy atom. The standard InChI is InChI=1S/C12H14Br2O2/c1-15-10-4-3-8(6-11(10)16-2)5-9-7-12(9,13)14/h3-4,6,9H,5,7H2,1-2H3. The highest BCUT2D eigenvalue weighted by molar-refractivity contribution is 9.25. The minimum atomic E-state index is 0.160. The molecule has 1 aliphatic carbocycles. The average molecular weight is 350 g/mol. The Hall–Kier alpha value is -0.220. The molecule has 1 atom stereocenters. The molecule has 0 saturated heterocycles. The lowest BCUT2D eigenvalue weighted by atomic mass is 10.1. The zero-order chi connectivity index (χ0) is 11.8. The van der Waals surface area contributed by atoms with Crippen LogP contribution >= 0.6 is 31.9 Å². The molecule has 0 radical (unpaired) electrons. The van der Waals surface area contributed by atoms with Gasteiger partial charge < -0.3 is 9.47 Å². The molecule has 1 fully saturated rings. The summed E-state index contributed by atoms with van der Waals surface area (Å²) in [6.45, 7) is 0. The van der Waals surface area contributed by atoms with Crippen LogP contribution in [0.5, 0.6) is 11.5 Å². The van der Waals surface area contributed by atoms with Crippen LogP contribution in [0.15, 0.2) is 18.2 Å². The molecule has 0 heterocycles. The Labute approximate surface area is 113 Å². The molecule has 0 amide bonds. The van der Waals surface area contributed by atoms with Gasteiger partial charge in [0, 0.05) is 0 Å². The molecule has 4 heteroatoms. The maximum absolute atomic E-state index is 5.28. The summed E-state index contributed by atoms with van der Waals surface area (Å²) in [6.07, 6.45) is 2.22. The summed E-state index contributed by atoms with van der Waals surface area (Å²) in [6, 6.07) is 6.10. The molecule has 0 aliphatic heterocycles. The lowest BCUT2D eigenvalue weighted by Crippen LogP contribution is -1.96. The molecule has 1 unspecified atom stereocenters. The molecule has 0 aromatic heterocycles. The molecule has 1 aliphatic rings. The molecule has 1 saturated carbocycles. The fourth-order valence-electron chi connectivity index (χ4n) is 1.78. The van der Waals surface area contributed by atoms with Gasteiger partial charge in [-0.3, -0.25) is 0 Å².